The van der Waals surface area contributed by atoms with Gasteiger partial charge in [0.15, 0.2) is 23.0 Å². The highest BCUT2D eigenvalue weighted by Crippen LogP contribution is 2.36. The summed E-state index contributed by atoms with van der Waals surface area (Å²) in [7, 11) is 0. The van der Waals surface area contributed by atoms with Gasteiger partial charge in [0.1, 0.15) is 11.4 Å². The summed E-state index contributed by atoms with van der Waals surface area (Å²) < 4.78 is 18.4. The van der Waals surface area contributed by atoms with Crippen molar-refractivity contribution in [3.05, 3.63) is 53.5 Å². The summed E-state index contributed by atoms with van der Waals surface area (Å²) in [5.41, 5.74) is 0.273. The van der Waals surface area contributed by atoms with E-state index >= 15 is 0 Å². The summed E-state index contributed by atoms with van der Waals surface area (Å²) in [6.45, 7) is 0. The second kappa shape index (κ2) is 4.52. The lowest BCUT2D eigenvalue weighted by Crippen LogP contribution is -1.99. The molecular formula is C15H9FO5. The highest BCUT2D eigenvalue weighted by atomic mass is 19.1. The van der Waals surface area contributed by atoms with Gasteiger partial charge in [0.05, 0.1) is 0 Å². The molecule has 0 saturated heterocycles. The van der Waals surface area contributed by atoms with Gasteiger partial charge in [-0.3, -0.25) is 4.79 Å². The smallest absolute Gasteiger partial charge is 0.228 e. The fourth-order valence-corrected chi connectivity index (χ4v) is 2.00. The number of phenolic OH excluding ortho intramolecular Hbond substituents is 3. The van der Waals surface area contributed by atoms with Crippen LogP contribution in [-0.2, 0) is 0 Å². The topological polar surface area (TPSA) is 90.9 Å². The van der Waals surface area contributed by atoms with Crippen molar-refractivity contribution in [2.45, 2.75) is 0 Å². The van der Waals surface area contributed by atoms with Gasteiger partial charge in [-0.2, -0.15) is 0 Å². The third-order valence-electron chi connectivity index (χ3n) is 3.03. The van der Waals surface area contributed by atoms with Gasteiger partial charge in [-0.25, -0.2) is 4.39 Å². The zero-order valence-electron chi connectivity index (χ0n) is 10.5. The number of carbonyl (C=O) groups excluding carboxylic acids is 1. The molecule has 0 aliphatic rings. The average molecular weight is 288 g/mol. The summed E-state index contributed by atoms with van der Waals surface area (Å²) in [6.07, 6.45) is 0. The highest BCUT2D eigenvalue weighted by molar-refractivity contribution is 6.09. The van der Waals surface area contributed by atoms with E-state index in [0.717, 1.165) is 12.1 Å². The van der Waals surface area contributed by atoms with Crippen molar-refractivity contribution in [2.24, 2.45) is 0 Å². The molecule has 6 heteroatoms. The minimum absolute atomic E-state index is 0.0673. The standard InChI is InChI=1S/C15H9FO5/c16-9-1-2-12-7(3-9)6-13(21-12)14(19)8-4-10(17)15(20)11(18)5-8/h1-6,17-18,20H. The SMILES string of the molecule is O=C(c1cc(O)c(O)c(O)c1)c1cc2cc(F)ccc2o1. The summed E-state index contributed by atoms with van der Waals surface area (Å²) in [5, 5.41) is 28.5. The fraction of sp³-hybridized carbons (Fsp3) is 0. The molecule has 0 radical (unpaired) electrons. The van der Waals surface area contributed by atoms with Crippen molar-refractivity contribution < 1.29 is 28.9 Å². The average Bonchev–Trinajstić information content (AvgIpc) is 2.86. The summed E-state index contributed by atoms with van der Waals surface area (Å²) in [6, 6.07) is 7.20. The maximum absolute atomic E-state index is 13.1. The Balaban J connectivity index is 2.08. The normalized spacial score (nSPS) is 10.9. The molecule has 0 spiro atoms. The van der Waals surface area contributed by atoms with Crippen molar-refractivity contribution in [3.8, 4) is 17.2 Å². The Bertz CT molecular complexity index is 843. The Labute approximate surface area is 117 Å². The first-order chi connectivity index (χ1) is 9.95. The number of carbonyl (C=O) groups is 1. The van der Waals surface area contributed by atoms with Crippen LogP contribution < -0.4 is 0 Å². The van der Waals surface area contributed by atoms with Crippen LogP contribution in [0.5, 0.6) is 17.2 Å². The quantitative estimate of drug-likeness (QED) is 0.498. The number of rotatable bonds is 2. The number of benzene rings is 2. The van der Waals surface area contributed by atoms with Gasteiger partial charge in [-0.1, -0.05) is 0 Å². The van der Waals surface area contributed by atoms with Crippen molar-refractivity contribution in [1.29, 1.82) is 0 Å². The van der Waals surface area contributed by atoms with Gasteiger partial charge >= 0.3 is 0 Å². The molecule has 21 heavy (non-hydrogen) atoms. The molecule has 3 rings (SSSR count). The number of halogens is 1. The highest BCUT2D eigenvalue weighted by Gasteiger charge is 2.18. The second-order valence-electron chi connectivity index (χ2n) is 4.49. The van der Waals surface area contributed by atoms with E-state index in [1.54, 1.807) is 0 Å². The molecule has 0 amide bonds. The minimum Gasteiger partial charge on any atom is -0.504 e. The van der Waals surface area contributed by atoms with Crippen molar-refractivity contribution in [2.75, 3.05) is 0 Å². The van der Waals surface area contributed by atoms with Gasteiger partial charge in [0.25, 0.3) is 0 Å². The van der Waals surface area contributed by atoms with Crippen LogP contribution in [0, 0.1) is 5.82 Å². The van der Waals surface area contributed by atoms with Crippen molar-refractivity contribution >= 4 is 16.8 Å². The van der Waals surface area contributed by atoms with Crippen molar-refractivity contribution in [3.63, 3.8) is 0 Å². The number of aromatic hydroxyl groups is 3. The summed E-state index contributed by atoms with van der Waals surface area (Å²) in [4.78, 5) is 12.2. The molecule has 5 nitrogen and oxygen atoms in total. The number of phenols is 3. The summed E-state index contributed by atoms with van der Waals surface area (Å²) >= 11 is 0. The lowest BCUT2D eigenvalue weighted by molar-refractivity contribution is 0.101. The third-order valence-corrected chi connectivity index (χ3v) is 3.03. The predicted molar refractivity (Wildman–Crippen MR) is 71.0 cm³/mol. The first-order valence-electron chi connectivity index (χ1n) is 5.94. The van der Waals surface area contributed by atoms with Gasteiger partial charge in [-0.15, -0.1) is 0 Å². The maximum atomic E-state index is 13.1. The van der Waals surface area contributed by atoms with Crippen LogP contribution in [0.15, 0.2) is 40.8 Å². The lowest BCUT2D eigenvalue weighted by Gasteiger charge is -2.03. The Kier molecular flexibility index (Phi) is 2.79. The minimum atomic E-state index is -0.710. The maximum Gasteiger partial charge on any atom is 0.228 e. The van der Waals surface area contributed by atoms with Crippen LogP contribution in [0.2, 0.25) is 0 Å². The summed E-state index contributed by atoms with van der Waals surface area (Å²) in [5.74, 6) is -3.10. The Morgan fingerprint density at radius 1 is 1.00 bits per heavy atom. The van der Waals surface area contributed by atoms with Gasteiger partial charge in [-0.05, 0) is 36.4 Å². The first kappa shape index (κ1) is 13.0. The monoisotopic (exact) mass is 288 g/mol. The second-order valence-corrected chi connectivity index (χ2v) is 4.49. The van der Waals surface area contributed by atoms with E-state index < -0.39 is 28.8 Å². The molecule has 3 N–H and O–H groups in total. The molecule has 106 valence electrons. The molecule has 0 atom stereocenters. The first-order valence-corrected chi connectivity index (χ1v) is 5.94. The number of ketones is 1. The molecule has 0 unspecified atom stereocenters. The molecule has 0 saturated carbocycles. The Hall–Kier alpha value is -3.02. The van der Waals surface area contributed by atoms with Crippen LogP contribution >= 0.6 is 0 Å². The largest absolute Gasteiger partial charge is 0.504 e. The number of furan rings is 1. The van der Waals surface area contributed by atoms with Crippen molar-refractivity contribution in [1.82, 2.24) is 0 Å². The van der Waals surface area contributed by atoms with Crippen LogP contribution in [0.25, 0.3) is 11.0 Å². The molecule has 0 bridgehead atoms. The number of hydrogen-bond acceptors (Lipinski definition) is 5. The molecule has 0 fully saturated rings. The van der Waals surface area contributed by atoms with E-state index in [2.05, 4.69) is 0 Å². The zero-order valence-corrected chi connectivity index (χ0v) is 10.5. The van der Waals surface area contributed by atoms with E-state index in [1.807, 2.05) is 0 Å². The van der Waals surface area contributed by atoms with Gasteiger partial charge < -0.3 is 19.7 Å². The van der Waals surface area contributed by atoms with Crippen LogP contribution in [0.1, 0.15) is 16.1 Å². The molecule has 2 aromatic carbocycles. The molecule has 0 aliphatic heterocycles. The molecule has 1 heterocycles. The van der Waals surface area contributed by atoms with Gasteiger partial charge in [0, 0.05) is 10.9 Å². The molecule has 0 aliphatic carbocycles. The predicted octanol–water partition coefficient (Wildman–Crippen LogP) is 2.92. The van der Waals surface area contributed by atoms with E-state index in [1.165, 1.54) is 24.3 Å². The Morgan fingerprint density at radius 3 is 2.33 bits per heavy atom. The van der Waals surface area contributed by atoms with Crippen LogP contribution in [-0.4, -0.2) is 21.1 Å². The van der Waals surface area contributed by atoms with Gasteiger partial charge in [0.2, 0.25) is 5.78 Å². The Morgan fingerprint density at radius 2 is 1.67 bits per heavy atom. The molecule has 3 aromatic rings. The zero-order chi connectivity index (χ0) is 15.1. The third kappa shape index (κ3) is 2.16. The number of fused-ring (bicyclic) bond motifs is 1. The van der Waals surface area contributed by atoms with Crippen LogP contribution in [0.3, 0.4) is 0 Å². The van der Waals surface area contributed by atoms with E-state index in [-0.39, 0.29) is 11.3 Å². The van der Waals surface area contributed by atoms with E-state index in [4.69, 9.17) is 4.42 Å². The van der Waals surface area contributed by atoms with Crippen LogP contribution in [0.4, 0.5) is 4.39 Å². The molecule has 1 aromatic heterocycles. The van der Waals surface area contributed by atoms with E-state index in [0.29, 0.717) is 11.0 Å². The van der Waals surface area contributed by atoms with E-state index in [9.17, 15) is 24.5 Å². The fourth-order valence-electron chi connectivity index (χ4n) is 2.00. The number of hydrogen-bond donors (Lipinski definition) is 3. The molecular weight excluding hydrogens is 279 g/mol. The lowest BCUT2D eigenvalue weighted by atomic mass is 10.1.